The van der Waals surface area contributed by atoms with Crippen LogP contribution in [-0.2, 0) is 9.59 Å². The van der Waals surface area contributed by atoms with Crippen molar-refractivity contribution in [2.45, 2.75) is 6.92 Å². The predicted octanol–water partition coefficient (Wildman–Crippen LogP) is -0.636. The van der Waals surface area contributed by atoms with Gasteiger partial charge >= 0.3 is 0 Å². The first-order valence-corrected chi connectivity index (χ1v) is 3.58. The van der Waals surface area contributed by atoms with E-state index in [2.05, 4.69) is 0 Å². The Bertz CT molecular complexity index is 270. The molecule has 0 radical (unpaired) electrons. The van der Waals surface area contributed by atoms with Gasteiger partial charge in [0.15, 0.2) is 5.70 Å². The van der Waals surface area contributed by atoms with Gasteiger partial charge in [-0.15, -0.1) is 0 Å². The average molecular weight is 170 g/mol. The van der Waals surface area contributed by atoms with Crippen LogP contribution in [0.4, 0.5) is 0 Å². The molecule has 2 N–H and O–H groups in total. The molecule has 1 rings (SSSR count). The number of nitrogens with zero attached hydrogens (tertiary/aromatic N) is 1. The fourth-order valence-corrected chi connectivity index (χ4v) is 0.949. The minimum absolute atomic E-state index is 0.0440. The zero-order chi connectivity index (χ0) is 9.30. The van der Waals surface area contributed by atoms with Crippen LogP contribution in [0.15, 0.2) is 11.5 Å². The number of carbonyl (C=O) groups excluding carboxylic acids is 2. The van der Waals surface area contributed by atoms with Gasteiger partial charge in [0.05, 0.1) is 0 Å². The van der Waals surface area contributed by atoms with Crippen LogP contribution < -0.4 is 5.32 Å². The fraction of sp³-hybridized carbons (Fsp3) is 0.429. The third kappa shape index (κ3) is 1.13. The maximum atomic E-state index is 11.0. The summed E-state index contributed by atoms with van der Waals surface area (Å²) in [5, 5.41) is 11.1. The molecular formula is C7H10N2O3. The van der Waals surface area contributed by atoms with Crippen molar-refractivity contribution in [3.8, 4) is 0 Å². The molecule has 0 aromatic heterocycles. The molecule has 0 aromatic rings. The Morgan fingerprint density at radius 2 is 2.00 bits per heavy atom. The van der Waals surface area contributed by atoms with Crippen molar-refractivity contribution < 1.29 is 14.7 Å². The first-order valence-electron chi connectivity index (χ1n) is 3.58. The largest absolute Gasteiger partial charge is 0.501 e. The second kappa shape index (κ2) is 2.84. The van der Waals surface area contributed by atoms with Crippen molar-refractivity contribution in [2.24, 2.45) is 0 Å². The number of imide groups is 1. The zero-order valence-electron chi connectivity index (χ0n) is 6.92. The Balaban J connectivity index is 3.00. The Hall–Kier alpha value is -1.52. The van der Waals surface area contributed by atoms with Crippen molar-refractivity contribution in [3.63, 3.8) is 0 Å². The van der Waals surface area contributed by atoms with Crippen LogP contribution in [0, 0.1) is 0 Å². The van der Waals surface area contributed by atoms with E-state index in [1.807, 2.05) is 12.2 Å². The van der Waals surface area contributed by atoms with Gasteiger partial charge in [0.1, 0.15) is 0 Å². The van der Waals surface area contributed by atoms with Crippen LogP contribution in [0.2, 0.25) is 0 Å². The fourth-order valence-electron chi connectivity index (χ4n) is 0.949. The van der Waals surface area contributed by atoms with Crippen LogP contribution in [-0.4, -0.2) is 35.4 Å². The minimum Gasteiger partial charge on any atom is -0.501 e. The number of carbonyl (C=O) groups is 2. The van der Waals surface area contributed by atoms with Gasteiger partial charge in [-0.1, -0.05) is 0 Å². The van der Waals surface area contributed by atoms with E-state index >= 15 is 0 Å². The lowest BCUT2D eigenvalue weighted by molar-refractivity contribution is -0.125. The van der Waals surface area contributed by atoms with E-state index in [4.69, 9.17) is 5.11 Å². The molecular weight excluding hydrogens is 160 g/mol. The van der Waals surface area contributed by atoms with E-state index in [9.17, 15) is 9.59 Å². The van der Waals surface area contributed by atoms with Crippen molar-refractivity contribution in [1.29, 1.82) is 0 Å². The molecule has 0 bridgehead atoms. The van der Waals surface area contributed by atoms with E-state index < -0.39 is 17.6 Å². The quantitative estimate of drug-likeness (QED) is 0.541. The molecule has 0 aliphatic carbocycles. The summed E-state index contributed by atoms with van der Waals surface area (Å²) < 4.78 is 0. The van der Waals surface area contributed by atoms with Crippen LogP contribution in [0.3, 0.4) is 0 Å². The molecule has 66 valence electrons. The molecule has 5 nitrogen and oxygen atoms in total. The van der Waals surface area contributed by atoms with Gasteiger partial charge in [0.25, 0.3) is 11.8 Å². The SMILES string of the molecule is CCN(C)C1=C(O)C(=O)NC1=O. The first-order chi connectivity index (χ1) is 5.57. The number of hydrogen-bond acceptors (Lipinski definition) is 4. The molecule has 1 aliphatic heterocycles. The second-order valence-electron chi connectivity index (χ2n) is 2.49. The van der Waals surface area contributed by atoms with Gasteiger partial charge in [0.2, 0.25) is 5.76 Å². The first kappa shape index (κ1) is 8.58. The lowest BCUT2D eigenvalue weighted by Crippen LogP contribution is -2.28. The molecule has 0 fully saturated rings. The number of nitrogens with one attached hydrogen (secondary N) is 1. The summed E-state index contributed by atoms with van der Waals surface area (Å²) in [6.45, 7) is 2.37. The van der Waals surface area contributed by atoms with Crippen molar-refractivity contribution in [3.05, 3.63) is 11.5 Å². The van der Waals surface area contributed by atoms with Gasteiger partial charge in [0, 0.05) is 13.6 Å². The summed E-state index contributed by atoms with van der Waals surface area (Å²) in [5.74, 6) is -1.76. The van der Waals surface area contributed by atoms with Gasteiger partial charge in [-0.3, -0.25) is 14.9 Å². The number of aliphatic hydroxyl groups excluding tert-OH is 1. The standard InChI is InChI=1S/C7H10N2O3/c1-3-9(2)4-5(10)7(12)8-6(4)11/h3H2,1-2H3,(H2,8,10,11,12). The highest BCUT2D eigenvalue weighted by molar-refractivity contribution is 6.17. The smallest absolute Gasteiger partial charge is 0.295 e. The lowest BCUT2D eigenvalue weighted by Gasteiger charge is -2.14. The monoisotopic (exact) mass is 170 g/mol. The zero-order valence-corrected chi connectivity index (χ0v) is 6.92. The molecule has 0 atom stereocenters. The van der Waals surface area contributed by atoms with E-state index in [-0.39, 0.29) is 5.70 Å². The van der Waals surface area contributed by atoms with E-state index in [1.54, 1.807) is 7.05 Å². The molecule has 0 saturated heterocycles. The van der Waals surface area contributed by atoms with Crippen LogP contribution in [0.1, 0.15) is 6.92 Å². The Morgan fingerprint density at radius 3 is 2.33 bits per heavy atom. The molecule has 2 amide bonds. The van der Waals surface area contributed by atoms with Gasteiger partial charge in [-0.2, -0.15) is 0 Å². The second-order valence-corrected chi connectivity index (χ2v) is 2.49. The highest BCUT2D eigenvalue weighted by Gasteiger charge is 2.31. The van der Waals surface area contributed by atoms with Crippen molar-refractivity contribution in [1.82, 2.24) is 10.2 Å². The van der Waals surface area contributed by atoms with Gasteiger partial charge in [-0.05, 0) is 6.92 Å². The third-order valence-corrected chi connectivity index (χ3v) is 1.74. The van der Waals surface area contributed by atoms with Gasteiger partial charge < -0.3 is 10.0 Å². The maximum Gasteiger partial charge on any atom is 0.295 e. The van der Waals surface area contributed by atoms with Crippen LogP contribution >= 0.6 is 0 Å². The molecule has 0 spiro atoms. The number of hydrogen-bond donors (Lipinski definition) is 2. The highest BCUT2D eigenvalue weighted by atomic mass is 16.3. The number of amides is 2. The highest BCUT2D eigenvalue weighted by Crippen LogP contribution is 2.12. The summed E-state index contributed by atoms with van der Waals surface area (Å²) in [5.41, 5.74) is 0.0440. The molecule has 1 heterocycles. The summed E-state index contributed by atoms with van der Waals surface area (Å²) in [6, 6.07) is 0. The Kier molecular flexibility index (Phi) is 2.03. The molecule has 0 unspecified atom stereocenters. The lowest BCUT2D eigenvalue weighted by atomic mass is 10.3. The molecule has 1 aliphatic rings. The summed E-state index contributed by atoms with van der Waals surface area (Å²) in [7, 11) is 1.63. The molecule has 0 saturated carbocycles. The van der Waals surface area contributed by atoms with E-state index in [0.29, 0.717) is 6.54 Å². The van der Waals surface area contributed by atoms with Crippen molar-refractivity contribution >= 4 is 11.8 Å². The predicted molar refractivity (Wildman–Crippen MR) is 41.1 cm³/mol. The normalized spacial score (nSPS) is 16.8. The van der Waals surface area contributed by atoms with Crippen LogP contribution in [0.5, 0.6) is 0 Å². The minimum atomic E-state index is -0.727. The summed E-state index contributed by atoms with van der Waals surface area (Å²) in [4.78, 5) is 23.3. The topological polar surface area (TPSA) is 69.6 Å². The van der Waals surface area contributed by atoms with Crippen LogP contribution in [0.25, 0.3) is 0 Å². The van der Waals surface area contributed by atoms with E-state index in [1.165, 1.54) is 4.90 Å². The number of likely N-dealkylation sites (N-methyl/N-ethyl adjacent to an activating group) is 1. The van der Waals surface area contributed by atoms with Gasteiger partial charge in [-0.25, -0.2) is 0 Å². The molecule has 5 heteroatoms. The third-order valence-electron chi connectivity index (χ3n) is 1.74. The Labute approximate surface area is 69.7 Å². The summed E-state index contributed by atoms with van der Waals surface area (Å²) in [6.07, 6.45) is 0. The molecule has 12 heavy (non-hydrogen) atoms. The maximum absolute atomic E-state index is 11.0. The summed E-state index contributed by atoms with van der Waals surface area (Å²) >= 11 is 0. The van der Waals surface area contributed by atoms with Crippen molar-refractivity contribution in [2.75, 3.05) is 13.6 Å². The van der Waals surface area contributed by atoms with E-state index in [0.717, 1.165) is 0 Å². The number of rotatable bonds is 2. The Morgan fingerprint density at radius 1 is 1.42 bits per heavy atom. The average Bonchev–Trinajstić information content (AvgIpc) is 2.26. The molecule has 0 aromatic carbocycles. The number of aliphatic hydroxyl groups is 1.